The van der Waals surface area contributed by atoms with Gasteiger partial charge in [0.25, 0.3) is 0 Å². The van der Waals surface area contributed by atoms with E-state index in [9.17, 15) is 39.6 Å². The Bertz CT molecular complexity index is 1130. The molecule has 0 bridgehead atoms. The predicted molar refractivity (Wildman–Crippen MR) is 165 cm³/mol. The lowest BCUT2D eigenvalue weighted by Crippen LogP contribution is -2.40. The number of esters is 1. The lowest BCUT2D eigenvalue weighted by atomic mass is 9.85. The quantitative estimate of drug-likeness (QED) is 0.0874. The summed E-state index contributed by atoms with van der Waals surface area (Å²) in [5.74, 6) is -4.02. The van der Waals surface area contributed by atoms with Crippen molar-refractivity contribution in [2.45, 2.75) is 89.8 Å². The van der Waals surface area contributed by atoms with E-state index in [0.29, 0.717) is 17.3 Å². The van der Waals surface area contributed by atoms with Gasteiger partial charge < -0.3 is 30.3 Å². The van der Waals surface area contributed by atoms with Gasteiger partial charge in [0, 0.05) is 35.7 Å². The summed E-state index contributed by atoms with van der Waals surface area (Å²) in [5, 5.41) is 49.9. The van der Waals surface area contributed by atoms with E-state index in [0.717, 1.165) is 5.57 Å². The fraction of sp³-hybridized carbons (Fsp3) is 0.500. The molecule has 1 aliphatic rings. The highest BCUT2D eigenvalue weighted by Crippen LogP contribution is 2.27. The Morgan fingerprint density at radius 1 is 0.953 bits per heavy atom. The molecule has 43 heavy (non-hydrogen) atoms. The van der Waals surface area contributed by atoms with Gasteiger partial charge in [-0.15, -0.1) is 0 Å². The van der Waals surface area contributed by atoms with E-state index in [4.69, 9.17) is 9.84 Å². The molecule has 0 aliphatic heterocycles. The molecule has 238 valence electrons. The molecule has 0 aromatic heterocycles. The molecule has 5 N–H and O–H groups in total. The fourth-order valence-corrected chi connectivity index (χ4v) is 4.58. The third-order valence-corrected chi connectivity index (χ3v) is 7.80. The summed E-state index contributed by atoms with van der Waals surface area (Å²) in [6.07, 6.45) is 10.3. The van der Waals surface area contributed by atoms with E-state index in [1.807, 2.05) is 13.8 Å². The second kappa shape index (κ2) is 20.1. The van der Waals surface area contributed by atoms with Crippen molar-refractivity contribution in [3.05, 3.63) is 70.8 Å². The Morgan fingerprint density at radius 2 is 1.60 bits per heavy atom. The minimum Gasteiger partial charge on any atom is -0.481 e. The molecule has 0 aromatic rings. The van der Waals surface area contributed by atoms with Crippen LogP contribution in [0.25, 0.3) is 0 Å². The summed E-state index contributed by atoms with van der Waals surface area (Å²) >= 11 is 3.34. The van der Waals surface area contributed by atoms with E-state index in [2.05, 4.69) is 15.9 Å². The third-order valence-electron chi connectivity index (χ3n) is 6.82. The zero-order valence-electron chi connectivity index (χ0n) is 24.7. The standard InChI is InChI=1S/C32H43BrO10/c1-4-5-12-23(34)18-24(35)19-27(37)31(40)30(39)21(3)25(33)13-8-6-10-20(2)11-7-9-14-29(38)43-28-17-22(32(41)42)15-16-26(28)36/h5-14,21-22,24,26,28,30-31,35-36,39-40H,4,15-19H2,1-3H3,(H,41,42)/b8-6+,11-7+,12-5+,14-9+,20-10+,25-13-. The maximum absolute atomic E-state index is 12.3. The third kappa shape index (κ3) is 14.9. The minimum atomic E-state index is -1.73. The number of carboxylic acids is 1. The molecular formula is C32H43BrO10. The van der Waals surface area contributed by atoms with Gasteiger partial charge in [-0.1, -0.05) is 84.0 Å². The number of carbonyl (C=O) groups is 4. The molecule has 10 nitrogen and oxygen atoms in total. The molecule has 0 heterocycles. The number of hydrogen-bond acceptors (Lipinski definition) is 9. The number of ketones is 2. The molecule has 0 aromatic carbocycles. The molecule has 1 rings (SSSR count). The van der Waals surface area contributed by atoms with Gasteiger partial charge >= 0.3 is 11.9 Å². The van der Waals surface area contributed by atoms with Gasteiger partial charge in [0.1, 0.15) is 12.2 Å². The van der Waals surface area contributed by atoms with Gasteiger partial charge in [-0.05, 0) is 32.3 Å². The highest BCUT2D eigenvalue weighted by molar-refractivity contribution is 9.11. The zero-order valence-corrected chi connectivity index (χ0v) is 26.3. The van der Waals surface area contributed by atoms with Gasteiger partial charge in [-0.2, -0.15) is 0 Å². The van der Waals surface area contributed by atoms with Crippen molar-refractivity contribution in [2.75, 3.05) is 0 Å². The van der Waals surface area contributed by atoms with Crippen LogP contribution in [0.5, 0.6) is 0 Å². The zero-order chi connectivity index (χ0) is 32.5. The number of hydrogen-bond donors (Lipinski definition) is 5. The van der Waals surface area contributed by atoms with Gasteiger partial charge in [0.15, 0.2) is 11.6 Å². The van der Waals surface area contributed by atoms with Crippen molar-refractivity contribution in [1.29, 1.82) is 0 Å². The van der Waals surface area contributed by atoms with E-state index < -0.39 is 66.5 Å². The second-order valence-corrected chi connectivity index (χ2v) is 11.4. The molecule has 0 radical (unpaired) electrons. The topological polar surface area (TPSA) is 179 Å². The summed E-state index contributed by atoms with van der Waals surface area (Å²) in [4.78, 5) is 47.2. The maximum Gasteiger partial charge on any atom is 0.331 e. The average Bonchev–Trinajstić information content (AvgIpc) is 2.95. The lowest BCUT2D eigenvalue weighted by molar-refractivity contribution is -0.159. The Balaban J connectivity index is 2.57. The van der Waals surface area contributed by atoms with Crippen LogP contribution in [0, 0.1) is 11.8 Å². The monoisotopic (exact) mass is 666 g/mol. The van der Waals surface area contributed by atoms with Gasteiger partial charge in [0.05, 0.1) is 24.2 Å². The van der Waals surface area contributed by atoms with Crippen LogP contribution in [0.3, 0.4) is 0 Å². The van der Waals surface area contributed by atoms with Crippen molar-refractivity contribution < 1.29 is 49.4 Å². The fourth-order valence-electron chi connectivity index (χ4n) is 4.16. The molecule has 0 amide bonds. The second-order valence-electron chi connectivity index (χ2n) is 10.5. The smallest absolute Gasteiger partial charge is 0.331 e. The van der Waals surface area contributed by atoms with Crippen molar-refractivity contribution >= 4 is 39.4 Å². The molecule has 0 saturated heterocycles. The number of aliphatic carboxylic acids is 1. The number of aliphatic hydroxyl groups is 4. The molecule has 7 unspecified atom stereocenters. The highest BCUT2D eigenvalue weighted by Gasteiger charge is 2.35. The van der Waals surface area contributed by atoms with E-state index in [1.54, 1.807) is 49.5 Å². The molecule has 7 atom stereocenters. The summed E-state index contributed by atoms with van der Waals surface area (Å²) in [7, 11) is 0. The Morgan fingerprint density at radius 3 is 2.26 bits per heavy atom. The van der Waals surface area contributed by atoms with Crippen LogP contribution in [-0.4, -0.2) is 79.6 Å². The summed E-state index contributed by atoms with van der Waals surface area (Å²) in [5.41, 5.74) is 0.835. The first-order valence-electron chi connectivity index (χ1n) is 14.2. The van der Waals surface area contributed by atoms with Gasteiger partial charge in [-0.3, -0.25) is 14.4 Å². The number of carbonyl (C=O) groups excluding carboxylic acids is 3. The van der Waals surface area contributed by atoms with Crippen molar-refractivity contribution in [2.24, 2.45) is 11.8 Å². The van der Waals surface area contributed by atoms with Crippen molar-refractivity contribution in [3.8, 4) is 0 Å². The average molecular weight is 668 g/mol. The van der Waals surface area contributed by atoms with Crippen LogP contribution in [0.2, 0.25) is 0 Å². The molecule has 1 saturated carbocycles. The van der Waals surface area contributed by atoms with Crippen molar-refractivity contribution in [1.82, 2.24) is 0 Å². The van der Waals surface area contributed by atoms with Crippen LogP contribution in [-0.2, 0) is 23.9 Å². The van der Waals surface area contributed by atoms with Crippen LogP contribution in [0.1, 0.15) is 59.3 Å². The minimum absolute atomic E-state index is 0.0752. The van der Waals surface area contributed by atoms with Crippen molar-refractivity contribution in [3.63, 3.8) is 0 Å². The van der Waals surface area contributed by atoms with Crippen LogP contribution in [0.15, 0.2) is 70.8 Å². The summed E-state index contributed by atoms with van der Waals surface area (Å²) in [6, 6.07) is 0. The number of carboxylic acid groups (broad SMARTS) is 1. The first kappa shape index (κ1) is 38.1. The van der Waals surface area contributed by atoms with Gasteiger partial charge in [0.2, 0.25) is 0 Å². The largest absolute Gasteiger partial charge is 0.481 e. The van der Waals surface area contributed by atoms with Gasteiger partial charge in [-0.25, -0.2) is 4.79 Å². The number of ether oxygens (including phenoxy) is 1. The predicted octanol–water partition coefficient (Wildman–Crippen LogP) is 3.64. The molecule has 1 aliphatic carbocycles. The molecular weight excluding hydrogens is 624 g/mol. The normalized spacial score (nSPS) is 23.1. The summed E-state index contributed by atoms with van der Waals surface area (Å²) in [6.45, 7) is 5.30. The molecule has 1 fully saturated rings. The summed E-state index contributed by atoms with van der Waals surface area (Å²) < 4.78 is 5.73. The van der Waals surface area contributed by atoms with Crippen LogP contribution in [0.4, 0.5) is 0 Å². The first-order chi connectivity index (χ1) is 20.3. The van der Waals surface area contributed by atoms with Crippen LogP contribution >= 0.6 is 15.9 Å². The Labute approximate surface area is 261 Å². The number of aliphatic hydroxyl groups excluding tert-OH is 4. The molecule has 0 spiro atoms. The molecule has 11 heteroatoms. The van der Waals surface area contributed by atoms with E-state index in [1.165, 1.54) is 18.2 Å². The Kier molecular flexibility index (Phi) is 17.8. The Hall–Kier alpha value is -2.96. The first-order valence-corrected chi connectivity index (χ1v) is 15.0. The maximum atomic E-state index is 12.3. The lowest BCUT2D eigenvalue weighted by Gasteiger charge is -2.30. The number of allylic oxidation sites excluding steroid dienone is 10. The highest BCUT2D eigenvalue weighted by atomic mass is 79.9. The SMILES string of the molecule is CC/C=C/C(=O)CC(O)CC(=O)C(O)C(O)C(C)/C(Br)=C/C=C/C=C(C)/C=C/C=C/C(=O)OC1CC(C(=O)O)CCC1O. The number of rotatable bonds is 17. The number of Topliss-reactive ketones (excluding diaryl/α,β-unsaturated/α-hetero) is 1. The van der Waals surface area contributed by atoms with E-state index in [-0.39, 0.29) is 25.0 Å². The number of halogens is 1. The van der Waals surface area contributed by atoms with Crippen LogP contribution < -0.4 is 0 Å². The van der Waals surface area contributed by atoms with E-state index >= 15 is 0 Å².